The third-order valence-corrected chi connectivity index (χ3v) is 2.82. The molecular weight excluding hydrogens is 272 g/mol. The van der Waals surface area contributed by atoms with Crippen LogP contribution in [0.15, 0.2) is 48.5 Å². The predicted molar refractivity (Wildman–Crippen MR) is 81.2 cm³/mol. The molecule has 0 amide bonds. The van der Waals surface area contributed by atoms with E-state index in [-0.39, 0.29) is 17.1 Å². The Morgan fingerprint density at radius 3 is 2.05 bits per heavy atom. The quantitative estimate of drug-likeness (QED) is 0.537. The molecule has 2 aromatic carbocycles. The average Bonchev–Trinajstić information content (AvgIpc) is 2.92. The molecule has 2 rings (SSSR count). The maximum atomic E-state index is 2.28. The monoisotopic (exact) mass is 298 g/mol. The summed E-state index contributed by atoms with van der Waals surface area (Å²) in [7, 11) is 0. The van der Waals surface area contributed by atoms with Crippen molar-refractivity contribution in [2.24, 2.45) is 11.8 Å². The molecule has 106 valence electrons. The van der Waals surface area contributed by atoms with Crippen molar-refractivity contribution in [3.8, 4) is 0 Å². The van der Waals surface area contributed by atoms with Gasteiger partial charge in [0.2, 0.25) is 0 Å². The molecule has 0 aliphatic rings. The third-order valence-electron chi connectivity index (χ3n) is 2.82. The summed E-state index contributed by atoms with van der Waals surface area (Å²) in [6.07, 6.45) is 2.46. The van der Waals surface area contributed by atoms with Gasteiger partial charge in [-0.25, -0.2) is 24.3 Å². The van der Waals surface area contributed by atoms with Crippen LogP contribution in [0, 0.1) is 11.8 Å². The van der Waals surface area contributed by atoms with Gasteiger partial charge in [0.15, 0.2) is 0 Å². The summed E-state index contributed by atoms with van der Waals surface area (Å²) in [5.41, 5.74) is 3.12. The van der Waals surface area contributed by atoms with Crippen molar-refractivity contribution in [1.29, 1.82) is 0 Å². The molecule has 0 aliphatic heterocycles. The molecule has 19 heavy (non-hydrogen) atoms. The number of hydrogen-bond acceptors (Lipinski definition) is 0. The molecule has 0 fully saturated rings. The minimum atomic E-state index is 0. The van der Waals surface area contributed by atoms with E-state index >= 15 is 0 Å². The van der Waals surface area contributed by atoms with Gasteiger partial charge in [-0.15, -0.1) is 0 Å². The molecule has 0 bridgehead atoms. The van der Waals surface area contributed by atoms with Gasteiger partial charge >= 0.3 is 17.1 Å². The van der Waals surface area contributed by atoms with E-state index in [9.17, 15) is 0 Å². The van der Waals surface area contributed by atoms with Gasteiger partial charge in [0.1, 0.15) is 0 Å². The second-order valence-electron chi connectivity index (χ2n) is 5.73. The molecule has 0 aromatic heterocycles. The van der Waals surface area contributed by atoms with E-state index in [2.05, 4.69) is 45.9 Å². The number of rotatable bonds is 4. The normalized spacial score (nSPS) is 10.0. The minimum absolute atomic E-state index is 0. The Hall–Kier alpha value is -0.781. The van der Waals surface area contributed by atoms with Crippen molar-refractivity contribution in [1.82, 2.24) is 0 Å². The molecule has 0 unspecified atom stereocenters. The first-order valence-electron chi connectivity index (χ1n) is 6.99. The fourth-order valence-corrected chi connectivity index (χ4v) is 2.09. The van der Waals surface area contributed by atoms with Crippen molar-refractivity contribution in [2.45, 2.75) is 40.5 Å². The van der Waals surface area contributed by atoms with Crippen molar-refractivity contribution in [2.75, 3.05) is 0 Å². The minimum Gasteiger partial charge on any atom is -0.214 e. The summed E-state index contributed by atoms with van der Waals surface area (Å²) in [4.78, 5) is 0. The van der Waals surface area contributed by atoms with Gasteiger partial charge in [0.05, 0.1) is 0 Å². The second kappa shape index (κ2) is 10.1. The van der Waals surface area contributed by atoms with Gasteiger partial charge in [0, 0.05) is 0 Å². The molecule has 0 nitrogen and oxygen atoms in total. The molecule has 0 spiro atoms. The first-order valence-corrected chi connectivity index (χ1v) is 6.99. The van der Waals surface area contributed by atoms with Crippen LogP contribution in [-0.4, -0.2) is 0 Å². The standard InChI is InChI=1S/C13H21.C5H5.Fe/c1-10(2)8-12-6-5-7-13(12)9-11(3)4;1-2-4-5-3-1;/h5-7,10-11H,8-9H2,1-4H3;1-5H;/q2*-1;+2. The molecule has 0 saturated carbocycles. The van der Waals surface area contributed by atoms with Gasteiger partial charge in [-0.2, -0.15) is 35.4 Å². The topological polar surface area (TPSA) is 0 Å². The van der Waals surface area contributed by atoms with Crippen molar-refractivity contribution < 1.29 is 17.1 Å². The van der Waals surface area contributed by atoms with Crippen LogP contribution >= 0.6 is 0 Å². The van der Waals surface area contributed by atoms with Crippen LogP contribution in [-0.2, 0) is 29.9 Å². The zero-order chi connectivity index (χ0) is 13.4. The van der Waals surface area contributed by atoms with Gasteiger partial charge in [0.25, 0.3) is 0 Å². The van der Waals surface area contributed by atoms with E-state index in [4.69, 9.17) is 0 Å². The largest absolute Gasteiger partial charge is 2.00 e. The van der Waals surface area contributed by atoms with Crippen LogP contribution < -0.4 is 0 Å². The average molecular weight is 298 g/mol. The number of hydrogen-bond donors (Lipinski definition) is 0. The van der Waals surface area contributed by atoms with Gasteiger partial charge in [-0.3, -0.25) is 0 Å². The van der Waals surface area contributed by atoms with Crippen molar-refractivity contribution >= 4 is 0 Å². The Bertz CT molecular complexity index is 351. The van der Waals surface area contributed by atoms with Crippen molar-refractivity contribution in [3.05, 3.63) is 59.7 Å². The van der Waals surface area contributed by atoms with Crippen LogP contribution in [0.4, 0.5) is 0 Å². The molecule has 0 radical (unpaired) electrons. The molecule has 2 aromatic rings. The molecular formula is C18H26Fe. The molecule has 0 heterocycles. The maximum Gasteiger partial charge on any atom is 2.00 e. The predicted octanol–water partition coefficient (Wildman–Crippen LogP) is 5.21. The Morgan fingerprint density at radius 1 is 1.00 bits per heavy atom. The Morgan fingerprint density at radius 2 is 1.63 bits per heavy atom. The van der Waals surface area contributed by atoms with Gasteiger partial charge in [-0.1, -0.05) is 40.0 Å². The summed E-state index contributed by atoms with van der Waals surface area (Å²) < 4.78 is 0. The van der Waals surface area contributed by atoms with Gasteiger partial charge < -0.3 is 0 Å². The summed E-state index contributed by atoms with van der Waals surface area (Å²) in [6, 6.07) is 16.7. The van der Waals surface area contributed by atoms with E-state index in [0.717, 1.165) is 11.8 Å². The fraction of sp³-hybridized carbons (Fsp3) is 0.444. The van der Waals surface area contributed by atoms with Crippen LogP contribution in [0.2, 0.25) is 0 Å². The van der Waals surface area contributed by atoms with Crippen LogP contribution in [0.5, 0.6) is 0 Å². The summed E-state index contributed by atoms with van der Waals surface area (Å²) >= 11 is 0. The summed E-state index contributed by atoms with van der Waals surface area (Å²) in [5.74, 6) is 1.54. The van der Waals surface area contributed by atoms with Crippen LogP contribution in [0.25, 0.3) is 0 Å². The Balaban J connectivity index is 0.000000454. The zero-order valence-electron chi connectivity index (χ0n) is 12.5. The smallest absolute Gasteiger partial charge is 0.214 e. The molecule has 0 aliphatic carbocycles. The zero-order valence-corrected chi connectivity index (χ0v) is 13.6. The van der Waals surface area contributed by atoms with E-state index in [0.29, 0.717) is 0 Å². The van der Waals surface area contributed by atoms with E-state index in [1.165, 1.54) is 12.8 Å². The Kier molecular flexibility index (Phi) is 9.65. The molecule has 1 heteroatoms. The molecule has 0 atom stereocenters. The van der Waals surface area contributed by atoms with Crippen LogP contribution in [0.1, 0.15) is 38.8 Å². The molecule has 0 saturated heterocycles. The van der Waals surface area contributed by atoms with Crippen LogP contribution in [0.3, 0.4) is 0 Å². The first-order chi connectivity index (χ1) is 8.59. The fourth-order valence-electron chi connectivity index (χ4n) is 2.09. The molecule has 0 N–H and O–H groups in total. The van der Waals surface area contributed by atoms with E-state index in [1.807, 2.05) is 30.3 Å². The summed E-state index contributed by atoms with van der Waals surface area (Å²) in [6.45, 7) is 9.14. The van der Waals surface area contributed by atoms with E-state index < -0.39 is 0 Å². The SMILES string of the molecule is CC(C)Cc1ccc[c-]1CC(C)C.[Fe+2].c1cc[cH-]c1. The van der Waals surface area contributed by atoms with Crippen molar-refractivity contribution in [3.63, 3.8) is 0 Å². The Labute approximate surface area is 129 Å². The van der Waals surface area contributed by atoms with E-state index in [1.54, 1.807) is 11.1 Å². The second-order valence-corrected chi connectivity index (χ2v) is 5.73. The third kappa shape index (κ3) is 8.08. The van der Waals surface area contributed by atoms with Gasteiger partial charge in [-0.05, 0) is 12.3 Å². The first kappa shape index (κ1) is 18.2. The summed E-state index contributed by atoms with van der Waals surface area (Å²) in [5, 5.41) is 0. The maximum absolute atomic E-state index is 2.28.